The van der Waals surface area contributed by atoms with Gasteiger partial charge in [0, 0.05) is 4.90 Å². The molecule has 0 bridgehead atoms. The van der Waals surface area contributed by atoms with Crippen molar-refractivity contribution in [2.45, 2.75) is 30.9 Å². The molecule has 0 saturated carbocycles. The van der Waals surface area contributed by atoms with Gasteiger partial charge >= 0.3 is 5.97 Å². The van der Waals surface area contributed by atoms with Crippen molar-refractivity contribution in [2.24, 2.45) is 0 Å². The molecule has 5 heteroatoms. The molecular weight excluding hydrogens is 360 g/mol. The van der Waals surface area contributed by atoms with E-state index < -0.39 is 5.25 Å². The van der Waals surface area contributed by atoms with Crippen molar-refractivity contribution in [3.05, 3.63) is 54.1 Å². The molecule has 0 amide bonds. The molecule has 0 fully saturated rings. The predicted molar refractivity (Wildman–Crippen MR) is 108 cm³/mol. The van der Waals surface area contributed by atoms with Gasteiger partial charge in [-0.1, -0.05) is 18.1 Å². The quantitative estimate of drug-likeness (QED) is 0.350. The summed E-state index contributed by atoms with van der Waals surface area (Å²) < 4.78 is 16.3. The van der Waals surface area contributed by atoms with Crippen LogP contribution < -0.4 is 9.47 Å². The van der Waals surface area contributed by atoms with Gasteiger partial charge in [-0.05, 0) is 62.7 Å². The number of thioether (sulfide) groups is 1. The molecule has 0 radical (unpaired) electrons. The van der Waals surface area contributed by atoms with Crippen LogP contribution in [0, 0.1) is 11.8 Å². The fraction of sp³-hybridized carbons (Fsp3) is 0.318. The molecule has 1 atom stereocenters. The standard InChI is InChI=1S/C22H24O4S/c1-4-7-16-26-19-12-14-20(15-13-19)27-21(22(23)25-6-3)17-8-10-18(11-9-17)24-5-2/h8-15,21H,5-6,16H2,1-3H3. The highest BCUT2D eigenvalue weighted by atomic mass is 32.2. The van der Waals surface area contributed by atoms with Gasteiger partial charge in [0.05, 0.1) is 13.2 Å². The van der Waals surface area contributed by atoms with Gasteiger partial charge < -0.3 is 14.2 Å². The molecule has 2 rings (SSSR count). The lowest BCUT2D eigenvalue weighted by Gasteiger charge is -2.16. The highest BCUT2D eigenvalue weighted by molar-refractivity contribution is 8.00. The Hall–Kier alpha value is -2.58. The van der Waals surface area contributed by atoms with Gasteiger partial charge in [0.15, 0.2) is 0 Å². The summed E-state index contributed by atoms with van der Waals surface area (Å²) in [5.74, 6) is 6.92. The molecule has 0 spiro atoms. The van der Waals surface area contributed by atoms with Crippen LogP contribution in [0.25, 0.3) is 0 Å². The number of benzene rings is 2. The van der Waals surface area contributed by atoms with Crippen LogP contribution in [0.2, 0.25) is 0 Å². The first-order chi connectivity index (χ1) is 13.2. The zero-order valence-electron chi connectivity index (χ0n) is 15.9. The van der Waals surface area contributed by atoms with Crippen molar-refractivity contribution in [3.8, 4) is 23.3 Å². The molecular formula is C22H24O4S. The van der Waals surface area contributed by atoms with Gasteiger partial charge in [-0.3, -0.25) is 4.79 Å². The monoisotopic (exact) mass is 384 g/mol. The minimum Gasteiger partial charge on any atom is -0.494 e. The SMILES string of the molecule is CC#CCOc1ccc(SC(C(=O)OCC)c2ccc(OCC)cc2)cc1. The molecule has 0 heterocycles. The molecule has 0 aliphatic rings. The molecule has 2 aromatic rings. The van der Waals surface area contributed by atoms with Gasteiger partial charge in [-0.15, -0.1) is 17.7 Å². The van der Waals surface area contributed by atoms with E-state index in [0.29, 0.717) is 19.8 Å². The van der Waals surface area contributed by atoms with Crippen molar-refractivity contribution < 1.29 is 19.0 Å². The molecule has 142 valence electrons. The zero-order chi connectivity index (χ0) is 19.5. The van der Waals surface area contributed by atoms with Crippen LogP contribution in [0.4, 0.5) is 0 Å². The van der Waals surface area contributed by atoms with Crippen molar-refractivity contribution >= 4 is 17.7 Å². The second kappa shape index (κ2) is 11.2. The first-order valence-electron chi connectivity index (χ1n) is 8.86. The highest BCUT2D eigenvalue weighted by Gasteiger charge is 2.23. The Morgan fingerprint density at radius 3 is 2.19 bits per heavy atom. The summed E-state index contributed by atoms with van der Waals surface area (Å²) in [5.41, 5.74) is 0.875. The maximum atomic E-state index is 12.5. The first kappa shape index (κ1) is 20.7. The van der Waals surface area contributed by atoms with Crippen molar-refractivity contribution in [1.29, 1.82) is 0 Å². The lowest BCUT2D eigenvalue weighted by Crippen LogP contribution is -2.13. The van der Waals surface area contributed by atoms with Crippen LogP contribution in [-0.2, 0) is 9.53 Å². The molecule has 0 aliphatic carbocycles. The van der Waals surface area contributed by atoms with Crippen LogP contribution in [0.1, 0.15) is 31.6 Å². The molecule has 0 aromatic heterocycles. The molecule has 0 N–H and O–H groups in total. The van der Waals surface area contributed by atoms with E-state index in [0.717, 1.165) is 22.0 Å². The van der Waals surface area contributed by atoms with Gasteiger partial charge in [0.2, 0.25) is 0 Å². The summed E-state index contributed by atoms with van der Waals surface area (Å²) in [6.07, 6.45) is 0. The van der Waals surface area contributed by atoms with E-state index in [1.54, 1.807) is 6.92 Å². The van der Waals surface area contributed by atoms with Gasteiger partial charge in [-0.2, -0.15) is 0 Å². The number of carbonyl (C=O) groups is 1. The number of hydrogen-bond donors (Lipinski definition) is 0. The molecule has 2 aromatic carbocycles. The van der Waals surface area contributed by atoms with Crippen molar-refractivity contribution in [3.63, 3.8) is 0 Å². The van der Waals surface area contributed by atoms with E-state index in [1.165, 1.54) is 11.8 Å². The van der Waals surface area contributed by atoms with E-state index in [2.05, 4.69) is 11.8 Å². The Labute approximate surface area is 165 Å². The molecule has 27 heavy (non-hydrogen) atoms. The topological polar surface area (TPSA) is 44.8 Å². The fourth-order valence-corrected chi connectivity index (χ4v) is 3.34. The van der Waals surface area contributed by atoms with Crippen LogP contribution in [0.15, 0.2) is 53.4 Å². The second-order valence-corrected chi connectivity index (χ2v) is 6.62. The Bertz CT molecular complexity index is 773. The normalized spacial score (nSPS) is 11.1. The average Bonchev–Trinajstić information content (AvgIpc) is 2.69. The minimum atomic E-state index is -0.446. The Kier molecular flexibility index (Phi) is 8.60. The van der Waals surface area contributed by atoms with Crippen molar-refractivity contribution in [2.75, 3.05) is 19.8 Å². The average molecular weight is 384 g/mol. The third kappa shape index (κ3) is 6.58. The smallest absolute Gasteiger partial charge is 0.323 e. The first-order valence-corrected chi connectivity index (χ1v) is 9.74. The third-order valence-electron chi connectivity index (χ3n) is 3.56. The van der Waals surface area contributed by atoms with E-state index in [9.17, 15) is 4.79 Å². The maximum Gasteiger partial charge on any atom is 0.323 e. The van der Waals surface area contributed by atoms with Crippen LogP contribution >= 0.6 is 11.8 Å². The lowest BCUT2D eigenvalue weighted by atomic mass is 10.1. The lowest BCUT2D eigenvalue weighted by molar-refractivity contribution is -0.142. The largest absolute Gasteiger partial charge is 0.494 e. The summed E-state index contributed by atoms with van der Waals surface area (Å²) in [4.78, 5) is 13.4. The predicted octanol–water partition coefficient (Wildman–Crippen LogP) is 4.88. The molecule has 4 nitrogen and oxygen atoms in total. The number of hydrogen-bond acceptors (Lipinski definition) is 5. The number of esters is 1. The maximum absolute atomic E-state index is 12.5. The Morgan fingerprint density at radius 1 is 0.963 bits per heavy atom. The van der Waals surface area contributed by atoms with E-state index >= 15 is 0 Å². The number of ether oxygens (including phenoxy) is 3. The minimum absolute atomic E-state index is 0.259. The van der Waals surface area contributed by atoms with Crippen LogP contribution in [-0.4, -0.2) is 25.8 Å². The zero-order valence-corrected chi connectivity index (χ0v) is 16.7. The Balaban J connectivity index is 2.14. The van der Waals surface area contributed by atoms with E-state index in [-0.39, 0.29) is 5.97 Å². The van der Waals surface area contributed by atoms with Crippen molar-refractivity contribution in [1.82, 2.24) is 0 Å². The number of rotatable bonds is 9. The third-order valence-corrected chi connectivity index (χ3v) is 4.80. The summed E-state index contributed by atoms with van der Waals surface area (Å²) >= 11 is 1.45. The fourth-order valence-electron chi connectivity index (χ4n) is 2.32. The van der Waals surface area contributed by atoms with Crippen LogP contribution in [0.3, 0.4) is 0 Å². The summed E-state index contributed by atoms with van der Waals surface area (Å²) in [6, 6.07) is 15.2. The Morgan fingerprint density at radius 2 is 1.59 bits per heavy atom. The van der Waals surface area contributed by atoms with Gasteiger partial charge in [0.1, 0.15) is 23.4 Å². The van der Waals surface area contributed by atoms with E-state index in [1.807, 2.05) is 62.4 Å². The summed E-state index contributed by atoms with van der Waals surface area (Å²) in [5, 5.41) is -0.446. The second-order valence-electron chi connectivity index (χ2n) is 5.44. The van der Waals surface area contributed by atoms with E-state index in [4.69, 9.17) is 14.2 Å². The molecule has 0 saturated heterocycles. The summed E-state index contributed by atoms with van der Waals surface area (Å²) in [6.45, 7) is 6.84. The van der Waals surface area contributed by atoms with Gasteiger partial charge in [0.25, 0.3) is 0 Å². The molecule has 0 aliphatic heterocycles. The van der Waals surface area contributed by atoms with Crippen LogP contribution in [0.5, 0.6) is 11.5 Å². The van der Waals surface area contributed by atoms with Gasteiger partial charge in [-0.25, -0.2) is 0 Å². The highest BCUT2D eigenvalue weighted by Crippen LogP contribution is 2.37. The summed E-state index contributed by atoms with van der Waals surface area (Å²) in [7, 11) is 0. The molecule has 1 unspecified atom stereocenters. The number of carbonyl (C=O) groups excluding carboxylic acids is 1.